The zero-order valence-electron chi connectivity index (χ0n) is 12.2. The van der Waals surface area contributed by atoms with E-state index in [2.05, 4.69) is 4.72 Å². The second kappa shape index (κ2) is 5.26. The Balaban J connectivity index is 1.88. The largest absolute Gasteiger partial charge is 0.468 e. The molecule has 0 saturated carbocycles. The Morgan fingerprint density at radius 3 is 2.77 bits per heavy atom. The van der Waals surface area contributed by atoms with Crippen molar-refractivity contribution in [3.8, 4) is 0 Å². The molecule has 0 fully saturated rings. The molecule has 1 aliphatic heterocycles. The maximum atomic E-state index is 12.3. The fourth-order valence-electron chi connectivity index (χ4n) is 2.56. The van der Waals surface area contributed by atoms with Gasteiger partial charge in [-0.05, 0) is 42.8 Å². The van der Waals surface area contributed by atoms with Crippen molar-refractivity contribution in [2.75, 3.05) is 11.9 Å². The highest BCUT2D eigenvalue weighted by molar-refractivity contribution is 7.89. The maximum absolute atomic E-state index is 12.3. The van der Waals surface area contributed by atoms with Gasteiger partial charge in [0.2, 0.25) is 15.9 Å². The molecule has 1 N–H and O–H groups in total. The van der Waals surface area contributed by atoms with Crippen molar-refractivity contribution in [2.24, 2.45) is 0 Å². The van der Waals surface area contributed by atoms with Crippen LogP contribution in [0.3, 0.4) is 0 Å². The molecule has 7 heteroatoms. The second-order valence-corrected chi connectivity index (χ2v) is 7.01. The third kappa shape index (κ3) is 2.42. The summed E-state index contributed by atoms with van der Waals surface area (Å²) in [6, 6.07) is 8.12. The van der Waals surface area contributed by atoms with Crippen LogP contribution in [-0.2, 0) is 21.4 Å². The van der Waals surface area contributed by atoms with Crippen LogP contribution in [0.4, 0.5) is 5.69 Å². The lowest BCUT2D eigenvalue weighted by atomic mass is 10.0. The first-order chi connectivity index (χ1) is 10.4. The predicted octanol–water partition coefficient (Wildman–Crippen LogP) is 1.84. The number of hydrogen-bond donors (Lipinski definition) is 1. The van der Waals surface area contributed by atoms with Gasteiger partial charge in [0.15, 0.2) is 0 Å². The predicted molar refractivity (Wildman–Crippen MR) is 81.0 cm³/mol. The Morgan fingerprint density at radius 1 is 1.32 bits per heavy atom. The molecule has 0 radical (unpaired) electrons. The van der Waals surface area contributed by atoms with E-state index >= 15 is 0 Å². The number of likely N-dealkylation sites (N-methyl/N-ethyl adjacent to an activating group) is 1. The second-order valence-electron chi connectivity index (χ2n) is 5.24. The van der Waals surface area contributed by atoms with Gasteiger partial charge in [0.25, 0.3) is 0 Å². The van der Waals surface area contributed by atoms with Crippen molar-refractivity contribution >= 4 is 21.6 Å². The fourth-order valence-corrected chi connectivity index (χ4v) is 3.59. The molecule has 1 atom stereocenters. The molecule has 22 heavy (non-hydrogen) atoms. The smallest absolute Gasteiger partial charge is 0.240 e. The van der Waals surface area contributed by atoms with Gasteiger partial charge >= 0.3 is 0 Å². The minimum Gasteiger partial charge on any atom is -0.468 e. The Kier molecular flexibility index (Phi) is 3.54. The lowest BCUT2D eigenvalue weighted by Gasteiger charge is -2.11. The van der Waals surface area contributed by atoms with Gasteiger partial charge in [0, 0.05) is 12.7 Å². The first-order valence-corrected chi connectivity index (χ1v) is 8.32. The topological polar surface area (TPSA) is 79.6 Å². The third-order valence-corrected chi connectivity index (χ3v) is 5.25. The quantitative estimate of drug-likeness (QED) is 0.932. The normalized spacial score (nSPS) is 17.8. The highest BCUT2D eigenvalue weighted by Gasteiger charge is 2.32. The van der Waals surface area contributed by atoms with Crippen LogP contribution < -0.4 is 9.62 Å². The van der Waals surface area contributed by atoms with Crippen molar-refractivity contribution in [1.29, 1.82) is 0 Å². The molecule has 6 nitrogen and oxygen atoms in total. The van der Waals surface area contributed by atoms with Crippen molar-refractivity contribution in [3.05, 3.63) is 47.9 Å². The van der Waals surface area contributed by atoms with Crippen LogP contribution in [0.5, 0.6) is 0 Å². The Morgan fingerprint density at radius 2 is 2.09 bits per heavy atom. The van der Waals surface area contributed by atoms with Crippen molar-refractivity contribution in [2.45, 2.75) is 24.3 Å². The van der Waals surface area contributed by atoms with Gasteiger partial charge < -0.3 is 9.32 Å². The maximum Gasteiger partial charge on any atom is 0.240 e. The van der Waals surface area contributed by atoms with Crippen LogP contribution in [0, 0.1) is 0 Å². The van der Waals surface area contributed by atoms with E-state index in [-0.39, 0.29) is 23.3 Å². The Hall–Kier alpha value is -2.12. The molecule has 1 aliphatic rings. The number of benzene rings is 1. The molecule has 1 aromatic carbocycles. The average molecular weight is 320 g/mol. The summed E-state index contributed by atoms with van der Waals surface area (Å²) in [5.41, 5.74) is 1.48. The first-order valence-electron chi connectivity index (χ1n) is 6.84. The number of furan rings is 1. The van der Waals surface area contributed by atoms with Gasteiger partial charge in [-0.1, -0.05) is 0 Å². The molecule has 2 aromatic rings. The zero-order chi connectivity index (χ0) is 15.9. The molecule has 0 spiro atoms. The summed E-state index contributed by atoms with van der Waals surface area (Å²) in [6.45, 7) is 1.86. The SMILES string of the molecule is CC1C(=O)N(C)c2ccc(S(=O)(=O)NCc3ccco3)cc21. The number of carbonyl (C=O) groups excluding carboxylic acids is 1. The molecule has 3 rings (SSSR count). The molecule has 2 heterocycles. The van der Waals surface area contributed by atoms with E-state index in [0.717, 1.165) is 11.3 Å². The van der Waals surface area contributed by atoms with Crippen LogP contribution in [0.1, 0.15) is 24.2 Å². The number of anilines is 1. The molecule has 1 unspecified atom stereocenters. The number of nitrogens with one attached hydrogen (secondary N) is 1. The van der Waals surface area contributed by atoms with Gasteiger partial charge in [0.05, 0.1) is 23.6 Å². The highest BCUT2D eigenvalue weighted by atomic mass is 32.2. The number of carbonyl (C=O) groups is 1. The third-order valence-electron chi connectivity index (χ3n) is 3.85. The number of sulfonamides is 1. The van der Waals surface area contributed by atoms with E-state index in [1.54, 1.807) is 43.1 Å². The summed E-state index contributed by atoms with van der Waals surface area (Å²) in [5.74, 6) is 0.168. The van der Waals surface area contributed by atoms with E-state index in [1.807, 2.05) is 0 Å². The molecule has 0 aliphatic carbocycles. The summed E-state index contributed by atoms with van der Waals surface area (Å²) in [4.78, 5) is 13.6. The Labute approximate surface area is 128 Å². The minimum absolute atomic E-state index is 0.0342. The van der Waals surface area contributed by atoms with Crippen LogP contribution in [0.2, 0.25) is 0 Å². The average Bonchev–Trinajstić information content (AvgIpc) is 3.09. The van der Waals surface area contributed by atoms with Crippen LogP contribution in [0.25, 0.3) is 0 Å². The molecular weight excluding hydrogens is 304 g/mol. The fraction of sp³-hybridized carbons (Fsp3) is 0.267. The van der Waals surface area contributed by atoms with Crippen LogP contribution in [-0.4, -0.2) is 21.4 Å². The summed E-state index contributed by atoms with van der Waals surface area (Å²) >= 11 is 0. The highest BCUT2D eigenvalue weighted by Crippen LogP contribution is 2.37. The van der Waals surface area contributed by atoms with Crippen LogP contribution in [0.15, 0.2) is 45.9 Å². The van der Waals surface area contributed by atoms with E-state index in [1.165, 1.54) is 12.3 Å². The first kappa shape index (κ1) is 14.8. The molecular formula is C15H16N2O4S. The summed E-state index contributed by atoms with van der Waals surface area (Å²) in [5, 5.41) is 0. The van der Waals surface area contributed by atoms with Gasteiger partial charge in [-0.25, -0.2) is 13.1 Å². The van der Waals surface area contributed by atoms with E-state index < -0.39 is 10.0 Å². The summed E-state index contributed by atoms with van der Waals surface area (Å²) in [7, 11) is -1.97. The summed E-state index contributed by atoms with van der Waals surface area (Å²) < 4.78 is 32.3. The lowest BCUT2D eigenvalue weighted by Crippen LogP contribution is -2.23. The number of hydrogen-bond acceptors (Lipinski definition) is 4. The van der Waals surface area contributed by atoms with Gasteiger partial charge in [-0.2, -0.15) is 0 Å². The van der Waals surface area contributed by atoms with E-state index in [9.17, 15) is 13.2 Å². The van der Waals surface area contributed by atoms with E-state index in [4.69, 9.17) is 4.42 Å². The number of nitrogens with zero attached hydrogens (tertiary/aromatic N) is 1. The lowest BCUT2D eigenvalue weighted by molar-refractivity contribution is -0.118. The summed E-state index contributed by atoms with van der Waals surface area (Å²) in [6.07, 6.45) is 1.49. The molecule has 0 bridgehead atoms. The Bertz CT molecular complexity index is 812. The number of fused-ring (bicyclic) bond motifs is 1. The van der Waals surface area contributed by atoms with Gasteiger partial charge in [-0.15, -0.1) is 0 Å². The van der Waals surface area contributed by atoms with Crippen molar-refractivity contribution in [1.82, 2.24) is 4.72 Å². The monoisotopic (exact) mass is 320 g/mol. The molecule has 116 valence electrons. The zero-order valence-corrected chi connectivity index (χ0v) is 13.1. The van der Waals surface area contributed by atoms with Crippen LogP contribution >= 0.6 is 0 Å². The van der Waals surface area contributed by atoms with Crippen molar-refractivity contribution in [3.63, 3.8) is 0 Å². The minimum atomic E-state index is -3.66. The van der Waals surface area contributed by atoms with Gasteiger partial charge in [-0.3, -0.25) is 4.79 Å². The molecule has 1 aromatic heterocycles. The standard InChI is InChI=1S/C15H16N2O4S/c1-10-13-8-12(5-6-14(13)17(2)15(10)18)22(19,20)16-9-11-4-3-7-21-11/h3-8,10,16H,9H2,1-2H3. The number of amides is 1. The molecule has 1 amide bonds. The number of rotatable bonds is 4. The van der Waals surface area contributed by atoms with Crippen molar-refractivity contribution < 1.29 is 17.6 Å². The van der Waals surface area contributed by atoms with E-state index in [0.29, 0.717) is 5.76 Å². The van der Waals surface area contributed by atoms with Gasteiger partial charge in [0.1, 0.15) is 5.76 Å². The molecule has 0 saturated heterocycles.